The summed E-state index contributed by atoms with van der Waals surface area (Å²) >= 11 is 0. The Morgan fingerprint density at radius 2 is 2.06 bits per heavy atom. The van der Waals surface area contributed by atoms with Crippen molar-refractivity contribution in [2.24, 2.45) is 0 Å². The van der Waals surface area contributed by atoms with E-state index in [1.54, 1.807) is 0 Å². The van der Waals surface area contributed by atoms with E-state index in [1.807, 2.05) is 0 Å². The van der Waals surface area contributed by atoms with Gasteiger partial charge in [-0.25, -0.2) is 0 Å². The van der Waals surface area contributed by atoms with Crippen molar-refractivity contribution < 1.29 is 33.5 Å². The molecule has 0 amide bonds. The van der Waals surface area contributed by atoms with Gasteiger partial charge >= 0.3 is 6.29 Å². The van der Waals surface area contributed by atoms with Crippen LogP contribution in [-0.2, 0) is 4.79 Å². The first kappa shape index (κ1) is 10.6. The van der Waals surface area contributed by atoms with Crippen LogP contribution in [0.1, 0.15) is 0 Å². The average Bonchev–Trinajstić information content (AvgIpc) is 2.47. The maximum Gasteiger partial charge on any atom is 0.586 e. The Labute approximate surface area is 88.6 Å². The second-order valence-electron chi connectivity index (χ2n) is 3.15. The summed E-state index contributed by atoms with van der Waals surface area (Å²) in [5.41, 5.74) is 0.448. The Bertz CT molecular complexity index is 436. The number of fused-ring (bicyclic) bond motifs is 1. The number of carbonyl (C=O) groups excluding carboxylic acids is 1. The Hall–Kier alpha value is -1.89. The van der Waals surface area contributed by atoms with Crippen molar-refractivity contribution in [3.8, 4) is 11.5 Å². The molecule has 2 rings (SSSR count). The van der Waals surface area contributed by atoms with Gasteiger partial charge < -0.3 is 24.7 Å². The van der Waals surface area contributed by atoms with E-state index in [4.69, 9.17) is 0 Å². The van der Waals surface area contributed by atoms with E-state index in [0.717, 1.165) is 0 Å². The Morgan fingerprint density at radius 3 is 2.75 bits per heavy atom. The second kappa shape index (κ2) is 3.60. The molecule has 0 spiro atoms. The molecule has 0 unspecified atom stereocenters. The third-order valence-corrected chi connectivity index (χ3v) is 1.93. The lowest BCUT2D eigenvalue weighted by Gasteiger charge is -2.04. The smallest absolute Gasteiger partial charge is 0.544 e. The lowest BCUT2D eigenvalue weighted by atomic mass is 10.3. The molecule has 16 heavy (non-hydrogen) atoms. The molecule has 1 aliphatic rings. The van der Waals surface area contributed by atoms with Crippen molar-refractivity contribution in [3.05, 3.63) is 18.2 Å². The molecular formula is C9H7F2NO4. The highest BCUT2D eigenvalue weighted by Crippen LogP contribution is 2.41. The van der Waals surface area contributed by atoms with Crippen LogP contribution in [0.15, 0.2) is 18.2 Å². The zero-order valence-corrected chi connectivity index (χ0v) is 7.91. The predicted molar refractivity (Wildman–Crippen MR) is 44.1 cm³/mol. The number of hydrogen-bond acceptors (Lipinski definition) is 4. The number of rotatable bonds is 3. The highest BCUT2D eigenvalue weighted by Gasteiger charge is 2.43. The molecule has 1 heterocycles. The monoisotopic (exact) mass is 231 g/mol. The highest BCUT2D eigenvalue weighted by atomic mass is 19.3. The molecule has 0 saturated heterocycles. The number of ether oxygens (including phenoxy) is 2. The van der Waals surface area contributed by atoms with Crippen LogP contribution in [0.2, 0.25) is 0 Å². The molecule has 1 aromatic rings. The molecule has 86 valence electrons. The SMILES string of the molecule is O=C([O-])C[NH2+]c1ccc2c(c1)OC(F)(F)O2. The van der Waals surface area contributed by atoms with Crippen LogP contribution < -0.4 is 19.9 Å². The van der Waals surface area contributed by atoms with Gasteiger partial charge in [0, 0.05) is 12.1 Å². The molecule has 0 bridgehead atoms. The van der Waals surface area contributed by atoms with Gasteiger partial charge in [-0.3, -0.25) is 0 Å². The summed E-state index contributed by atoms with van der Waals surface area (Å²) in [6.07, 6.45) is -3.66. The van der Waals surface area contributed by atoms with Gasteiger partial charge in [0.2, 0.25) is 0 Å². The molecule has 0 aliphatic carbocycles. The zero-order valence-electron chi connectivity index (χ0n) is 7.91. The third-order valence-electron chi connectivity index (χ3n) is 1.93. The number of alkyl halides is 2. The van der Waals surface area contributed by atoms with Crippen LogP contribution in [-0.4, -0.2) is 18.8 Å². The van der Waals surface area contributed by atoms with Gasteiger partial charge in [-0.2, -0.15) is 0 Å². The minimum Gasteiger partial charge on any atom is -0.544 e. The van der Waals surface area contributed by atoms with Crippen molar-refractivity contribution >= 4 is 11.7 Å². The number of hydrogen-bond donors (Lipinski definition) is 1. The fraction of sp³-hybridized carbons (Fsp3) is 0.222. The molecule has 0 saturated carbocycles. The molecule has 0 atom stereocenters. The second-order valence-corrected chi connectivity index (χ2v) is 3.15. The van der Waals surface area contributed by atoms with Crippen LogP contribution in [0.4, 0.5) is 14.5 Å². The number of benzene rings is 1. The van der Waals surface area contributed by atoms with Gasteiger partial charge in [0.05, 0.1) is 5.97 Å². The molecule has 7 heteroatoms. The van der Waals surface area contributed by atoms with Crippen molar-refractivity contribution in [1.29, 1.82) is 0 Å². The van der Waals surface area contributed by atoms with E-state index in [-0.39, 0.29) is 18.0 Å². The van der Waals surface area contributed by atoms with Gasteiger partial charge in [-0.15, -0.1) is 8.78 Å². The van der Waals surface area contributed by atoms with Crippen LogP contribution in [0, 0.1) is 0 Å². The first-order chi connectivity index (χ1) is 7.46. The quantitative estimate of drug-likeness (QED) is 0.674. The van der Waals surface area contributed by atoms with E-state index in [1.165, 1.54) is 23.5 Å². The lowest BCUT2D eigenvalue weighted by Crippen LogP contribution is -2.81. The summed E-state index contributed by atoms with van der Waals surface area (Å²) in [4.78, 5) is 10.2. The van der Waals surface area contributed by atoms with Gasteiger partial charge in [-0.1, -0.05) is 0 Å². The van der Waals surface area contributed by atoms with Crippen LogP contribution >= 0.6 is 0 Å². The van der Waals surface area contributed by atoms with E-state index >= 15 is 0 Å². The summed E-state index contributed by atoms with van der Waals surface area (Å²) < 4.78 is 33.6. The van der Waals surface area contributed by atoms with E-state index < -0.39 is 12.3 Å². The fourth-order valence-corrected chi connectivity index (χ4v) is 1.29. The Balaban J connectivity index is 2.13. The summed E-state index contributed by atoms with van der Waals surface area (Å²) in [7, 11) is 0. The highest BCUT2D eigenvalue weighted by molar-refractivity contribution is 5.65. The molecule has 5 nitrogen and oxygen atoms in total. The topological polar surface area (TPSA) is 75.2 Å². The standard InChI is InChI=1S/C9H7F2NO4/c10-9(11)15-6-2-1-5(3-7(6)16-9)12-4-8(13)14/h1-3,12H,4H2,(H,13,14). The number of quaternary nitrogens is 1. The first-order valence-corrected chi connectivity index (χ1v) is 4.39. The summed E-state index contributed by atoms with van der Waals surface area (Å²) in [5, 5.41) is 11.5. The number of aliphatic carboxylic acids is 1. The molecule has 1 aliphatic heterocycles. The Kier molecular flexibility index (Phi) is 2.39. The largest absolute Gasteiger partial charge is 0.586 e. The normalized spacial score (nSPS) is 16.1. The van der Waals surface area contributed by atoms with Crippen LogP contribution in [0.5, 0.6) is 11.5 Å². The minimum atomic E-state index is -3.66. The maximum atomic E-state index is 12.6. The van der Waals surface area contributed by atoms with E-state index in [2.05, 4.69) is 9.47 Å². The molecule has 0 aromatic heterocycles. The maximum absolute atomic E-state index is 12.6. The van der Waals surface area contributed by atoms with Gasteiger partial charge in [0.1, 0.15) is 12.2 Å². The van der Waals surface area contributed by atoms with Gasteiger partial charge in [0.25, 0.3) is 0 Å². The lowest BCUT2D eigenvalue weighted by molar-refractivity contribution is -0.569. The molecule has 2 N–H and O–H groups in total. The summed E-state index contributed by atoms with van der Waals surface area (Å²) in [5.74, 6) is -1.43. The molecular weight excluding hydrogens is 224 g/mol. The summed E-state index contributed by atoms with van der Waals surface area (Å²) in [6, 6.07) is 4.02. The minimum absolute atomic E-state index is 0.0735. The predicted octanol–water partition coefficient (Wildman–Crippen LogP) is -1.05. The number of carbonyl (C=O) groups is 1. The average molecular weight is 231 g/mol. The number of nitrogens with two attached hydrogens (primary N) is 1. The van der Waals surface area contributed by atoms with Crippen molar-refractivity contribution in [2.75, 3.05) is 6.54 Å². The van der Waals surface area contributed by atoms with Crippen molar-refractivity contribution in [2.45, 2.75) is 6.29 Å². The molecule has 0 fully saturated rings. The van der Waals surface area contributed by atoms with Crippen LogP contribution in [0.25, 0.3) is 0 Å². The number of carboxylic acid groups (broad SMARTS) is 1. The fourth-order valence-electron chi connectivity index (χ4n) is 1.29. The number of halogens is 2. The molecule has 1 aromatic carbocycles. The molecule has 0 radical (unpaired) electrons. The zero-order chi connectivity index (χ0) is 11.8. The number of carboxylic acids is 1. The van der Waals surface area contributed by atoms with Gasteiger partial charge in [-0.05, 0) is 6.07 Å². The van der Waals surface area contributed by atoms with E-state index in [0.29, 0.717) is 5.69 Å². The van der Waals surface area contributed by atoms with Crippen molar-refractivity contribution in [1.82, 2.24) is 0 Å². The third kappa shape index (κ3) is 2.19. The Morgan fingerprint density at radius 1 is 1.38 bits per heavy atom. The van der Waals surface area contributed by atoms with Gasteiger partial charge in [0.15, 0.2) is 11.5 Å². The van der Waals surface area contributed by atoms with Crippen molar-refractivity contribution in [3.63, 3.8) is 0 Å². The van der Waals surface area contributed by atoms with Crippen LogP contribution in [0.3, 0.4) is 0 Å². The van der Waals surface area contributed by atoms with E-state index in [9.17, 15) is 18.7 Å². The summed E-state index contributed by atoms with van der Waals surface area (Å²) in [6.45, 7) is -0.296. The first-order valence-electron chi connectivity index (χ1n) is 4.39.